The van der Waals surface area contributed by atoms with Crippen molar-refractivity contribution >= 4 is 17.5 Å². The molecule has 0 radical (unpaired) electrons. The Bertz CT molecular complexity index is 864. The summed E-state index contributed by atoms with van der Waals surface area (Å²) < 4.78 is 0. The Labute approximate surface area is 190 Å². The van der Waals surface area contributed by atoms with Gasteiger partial charge >= 0.3 is 0 Å². The van der Waals surface area contributed by atoms with Crippen molar-refractivity contribution in [2.45, 2.75) is 70.1 Å². The third kappa shape index (κ3) is 4.50. The average Bonchev–Trinajstić information content (AvgIpc) is 3.29. The number of aryl methyl sites for hydroxylation is 1. The molecule has 3 heterocycles. The molecule has 5 rings (SSSR count). The number of hydrogen-bond donors (Lipinski definition) is 5. The molecular weight excluding hydrogens is 402 g/mol. The van der Waals surface area contributed by atoms with Crippen LogP contribution in [-0.4, -0.2) is 55.6 Å². The fourth-order valence-corrected chi connectivity index (χ4v) is 5.87. The van der Waals surface area contributed by atoms with Gasteiger partial charge in [0.2, 0.25) is 11.8 Å². The molecule has 6 atom stereocenters. The van der Waals surface area contributed by atoms with Crippen molar-refractivity contribution in [3.8, 4) is 0 Å². The van der Waals surface area contributed by atoms with E-state index in [0.29, 0.717) is 18.4 Å². The lowest BCUT2D eigenvalue weighted by Crippen LogP contribution is -2.60. The van der Waals surface area contributed by atoms with Gasteiger partial charge in [0.1, 0.15) is 6.04 Å². The lowest BCUT2D eigenvalue weighted by atomic mass is 9.80. The van der Waals surface area contributed by atoms with E-state index in [-0.39, 0.29) is 41.9 Å². The second kappa shape index (κ2) is 9.02. The van der Waals surface area contributed by atoms with E-state index in [4.69, 9.17) is 0 Å². The van der Waals surface area contributed by atoms with E-state index in [1.165, 1.54) is 24.0 Å². The molecule has 1 aromatic carbocycles. The molecule has 0 aromatic heterocycles. The maximum Gasteiger partial charge on any atom is 0.243 e. The van der Waals surface area contributed by atoms with Gasteiger partial charge < -0.3 is 26.6 Å². The average molecular weight is 440 g/mol. The number of nitrogens with one attached hydrogen (secondary N) is 5. The predicted octanol–water partition coefficient (Wildman–Crippen LogP) is 1.32. The van der Waals surface area contributed by atoms with Crippen molar-refractivity contribution in [1.29, 1.82) is 0 Å². The van der Waals surface area contributed by atoms with Gasteiger partial charge in [0.05, 0.1) is 5.92 Å². The molecule has 7 heteroatoms. The Kier molecular flexibility index (Phi) is 6.12. The van der Waals surface area contributed by atoms with Crippen LogP contribution in [0.1, 0.15) is 43.7 Å². The minimum absolute atomic E-state index is 0.00591. The van der Waals surface area contributed by atoms with Gasteiger partial charge in [-0.2, -0.15) is 0 Å². The van der Waals surface area contributed by atoms with E-state index in [1.54, 1.807) is 0 Å². The molecule has 5 N–H and O–H groups in total. The third-order valence-electron chi connectivity index (χ3n) is 7.89. The summed E-state index contributed by atoms with van der Waals surface area (Å²) in [6.07, 6.45) is 4.97. The van der Waals surface area contributed by atoms with E-state index in [1.807, 2.05) is 0 Å². The Morgan fingerprint density at radius 2 is 1.97 bits per heavy atom. The number of fused-ring (bicyclic) bond motifs is 1. The van der Waals surface area contributed by atoms with Crippen LogP contribution in [0.4, 0.5) is 5.69 Å². The molecular formula is C25H37N5O2. The summed E-state index contributed by atoms with van der Waals surface area (Å²) in [5.41, 5.74) is 3.53. The van der Waals surface area contributed by atoms with Crippen LogP contribution in [-0.2, 0) is 16.0 Å². The molecule has 174 valence electrons. The Morgan fingerprint density at radius 3 is 2.66 bits per heavy atom. The van der Waals surface area contributed by atoms with E-state index in [2.05, 4.69) is 58.6 Å². The van der Waals surface area contributed by atoms with Gasteiger partial charge in [-0.25, -0.2) is 0 Å². The highest BCUT2D eigenvalue weighted by atomic mass is 16.2. The van der Waals surface area contributed by atoms with E-state index in [0.717, 1.165) is 38.0 Å². The van der Waals surface area contributed by atoms with Gasteiger partial charge in [-0.1, -0.05) is 25.1 Å². The summed E-state index contributed by atoms with van der Waals surface area (Å²) in [5, 5.41) is 17.0. The van der Waals surface area contributed by atoms with Crippen LogP contribution in [0.2, 0.25) is 0 Å². The summed E-state index contributed by atoms with van der Waals surface area (Å²) in [4.78, 5) is 26.0. The van der Waals surface area contributed by atoms with Crippen LogP contribution >= 0.6 is 0 Å². The fraction of sp³-hybridized carbons (Fsp3) is 0.680. The quantitative estimate of drug-likeness (QED) is 0.461. The number of para-hydroxylation sites is 1. The Morgan fingerprint density at radius 1 is 1.12 bits per heavy atom. The molecule has 2 amide bonds. The standard InChI is InChI=1S/C25H37N5O2/c1-14-4-3-5-17-11-20(29-21(14)17)25(32)30-23(16-6-7-16)22-15(2)10-18(12-27-22)24(31)28-19-8-9-26-13-19/h3-5,15-16,18-20,22-23,26-27,29H,6-13H2,1-2H3,(H,28,31)(H,30,32). The summed E-state index contributed by atoms with van der Waals surface area (Å²) in [5.74, 6) is 1.15. The van der Waals surface area contributed by atoms with Crippen molar-refractivity contribution in [2.75, 3.05) is 25.0 Å². The number of rotatable bonds is 6. The topological polar surface area (TPSA) is 94.3 Å². The number of carbonyl (C=O) groups is 2. The van der Waals surface area contributed by atoms with Gasteiger partial charge in [-0.3, -0.25) is 9.59 Å². The highest BCUT2D eigenvalue weighted by Crippen LogP contribution is 2.38. The second-order valence-electron chi connectivity index (χ2n) is 10.4. The maximum absolute atomic E-state index is 13.2. The fourth-order valence-electron chi connectivity index (χ4n) is 5.87. The molecule has 6 unspecified atom stereocenters. The molecule has 2 saturated heterocycles. The summed E-state index contributed by atoms with van der Waals surface area (Å²) in [6.45, 7) is 6.85. The van der Waals surface area contributed by atoms with Crippen molar-refractivity contribution < 1.29 is 9.59 Å². The number of carbonyl (C=O) groups excluding carboxylic acids is 2. The van der Waals surface area contributed by atoms with Crippen molar-refractivity contribution in [3.05, 3.63) is 29.3 Å². The zero-order chi connectivity index (χ0) is 22.2. The molecule has 1 aromatic rings. The van der Waals surface area contributed by atoms with E-state index >= 15 is 0 Å². The number of benzene rings is 1. The number of amides is 2. The summed E-state index contributed by atoms with van der Waals surface area (Å²) >= 11 is 0. The first kappa shape index (κ1) is 21.7. The maximum atomic E-state index is 13.2. The normalized spacial score (nSPS) is 32.6. The smallest absolute Gasteiger partial charge is 0.243 e. The largest absolute Gasteiger partial charge is 0.373 e. The van der Waals surface area contributed by atoms with Gasteiger partial charge in [-0.05, 0) is 62.1 Å². The van der Waals surface area contributed by atoms with Crippen molar-refractivity contribution in [1.82, 2.24) is 21.3 Å². The van der Waals surface area contributed by atoms with Gasteiger partial charge in [0.15, 0.2) is 0 Å². The number of hydrogen-bond acceptors (Lipinski definition) is 5. The Balaban J connectivity index is 1.18. The third-order valence-corrected chi connectivity index (χ3v) is 7.89. The minimum Gasteiger partial charge on any atom is -0.373 e. The van der Waals surface area contributed by atoms with Crippen LogP contribution in [0.25, 0.3) is 0 Å². The number of anilines is 1. The van der Waals surface area contributed by atoms with Crippen LogP contribution < -0.4 is 26.6 Å². The zero-order valence-corrected chi connectivity index (χ0v) is 19.2. The number of piperidine rings is 1. The van der Waals surface area contributed by atoms with Gasteiger partial charge in [-0.15, -0.1) is 0 Å². The molecule has 0 spiro atoms. The second-order valence-corrected chi connectivity index (χ2v) is 10.4. The minimum atomic E-state index is -0.204. The molecule has 32 heavy (non-hydrogen) atoms. The molecule has 3 aliphatic heterocycles. The van der Waals surface area contributed by atoms with Crippen molar-refractivity contribution in [3.63, 3.8) is 0 Å². The molecule has 7 nitrogen and oxygen atoms in total. The monoisotopic (exact) mass is 439 g/mol. The molecule has 1 saturated carbocycles. The van der Waals surface area contributed by atoms with Crippen LogP contribution in [0.15, 0.2) is 18.2 Å². The van der Waals surface area contributed by atoms with Gasteiger partial charge in [0, 0.05) is 43.3 Å². The van der Waals surface area contributed by atoms with Crippen LogP contribution in [0.5, 0.6) is 0 Å². The SMILES string of the molecule is Cc1cccc2c1NC(C(=O)NC(C1CC1)C1NCC(C(=O)NC3CCNC3)CC1C)C2. The molecule has 4 aliphatic rings. The lowest BCUT2D eigenvalue weighted by Gasteiger charge is -2.40. The predicted molar refractivity (Wildman–Crippen MR) is 125 cm³/mol. The molecule has 3 fully saturated rings. The summed E-state index contributed by atoms with van der Waals surface area (Å²) in [7, 11) is 0. The highest BCUT2D eigenvalue weighted by molar-refractivity contribution is 5.88. The first-order chi connectivity index (χ1) is 15.5. The first-order valence-electron chi connectivity index (χ1n) is 12.4. The van der Waals surface area contributed by atoms with Crippen molar-refractivity contribution in [2.24, 2.45) is 17.8 Å². The zero-order valence-electron chi connectivity index (χ0n) is 19.2. The van der Waals surface area contributed by atoms with Crippen LogP contribution in [0.3, 0.4) is 0 Å². The van der Waals surface area contributed by atoms with E-state index < -0.39 is 0 Å². The van der Waals surface area contributed by atoms with Crippen LogP contribution in [0, 0.1) is 24.7 Å². The Hall–Kier alpha value is -2.12. The molecule has 0 bridgehead atoms. The summed E-state index contributed by atoms with van der Waals surface area (Å²) in [6, 6.07) is 6.67. The molecule has 1 aliphatic carbocycles. The van der Waals surface area contributed by atoms with E-state index in [9.17, 15) is 9.59 Å². The van der Waals surface area contributed by atoms with Gasteiger partial charge in [0.25, 0.3) is 0 Å². The lowest BCUT2D eigenvalue weighted by molar-refractivity contribution is -0.127. The first-order valence-corrected chi connectivity index (χ1v) is 12.4. The highest BCUT2D eigenvalue weighted by Gasteiger charge is 2.44.